The maximum Gasteiger partial charge on any atom is 0.305 e. The van der Waals surface area contributed by atoms with Gasteiger partial charge in [-0.1, -0.05) is 19.3 Å². The lowest BCUT2D eigenvalue weighted by molar-refractivity contribution is -0.140. The van der Waals surface area contributed by atoms with E-state index in [1.54, 1.807) is 0 Å². The topological polar surface area (TPSA) is 62.7 Å². The maximum absolute atomic E-state index is 11.0. The summed E-state index contributed by atoms with van der Waals surface area (Å²) in [5.74, 6) is 0.777. The normalized spacial score (nSPS) is 16.0. The van der Waals surface area contributed by atoms with Gasteiger partial charge < -0.3 is 15.4 Å². The van der Waals surface area contributed by atoms with Crippen LogP contribution < -0.4 is 10.6 Å². The molecule has 21 heavy (non-hydrogen) atoms. The Bertz CT molecular complexity index is 305. The number of hydrogen-bond donors (Lipinski definition) is 2. The van der Waals surface area contributed by atoms with Crippen molar-refractivity contribution in [2.75, 3.05) is 20.2 Å². The molecular weight excluding hydrogens is 381 g/mol. The molecule has 0 aromatic rings. The van der Waals surface area contributed by atoms with Crippen LogP contribution in [0.1, 0.15) is 58.3 Å². The van der Waals surface area contributed by atoms with E-state index in [0.717, 1.165) is 31.9 Å². The number of aliphatic imine (C=N–C) groups is 1. The lowest BCUT2D eigenvalue weighted by Crippen LogP contribution is -2.44. The van der Waals surface area contributed by atoms with Gasteiger partial charge in [-0.05, 0) is 32.6 Å². The third-order valence-electron chi connectivity index (χ3n) is 3.58. The van der Waals surface area contributed by atoms with Crippen molar-refractivity contribution in [3.8, 4) is 0 Å². The quantitative estimate of drug-likeness (QED) is 0.222. The highest BCUT2D eigenvalue weighted by molar-refractivity contribution is 14.0. The summed E-state index contributed by atoms with van der Waals surface area (Å²) in [6, 6.07) is 0.566. The predicted molar refractivity (Wildman–Crippen MR) is 97.3 cm³/mol. The molecule has 0 unspecified atom stereocenters. The smallest absolute Gasteiger partial charge is 0.305 e. The summed E-state index contributed by atoms with van der Waals surface area (Å²) in [5, 5.41) is 6.80. The van der Waals surface area contributed by atoms with Crippen molar-refractivity contribution in [3.63, 3.8) is 0 Å². The van der Waals surface area contributed by atoms with Crippen LogP contribution in [0, 0.1) is 0 Å². The Morgan fingerprint density at radius 1 is 1.24 bits per heavy atom. The summed E-state index contributed by atoms with van der Waals surface area (Å²) in [5.41, 5.74) is 0. The molecule has 1 fully saturated rings. The molecule has 0 saturated heterocycles. The largest absolute Gasteiger partial charge is 0.469 e. The fourth-order valence-electron chi connectivity index (χ4n) is 2.43. The van der Waals surface area contributed by atoms with Gasteiger partial charge in [0.15, 0.2) is 5.96 Å². The van der Waals surface area contributed by atoms with Crippen LogP contribution in [0.2, 0.25) is 0 Å². The molecule has 0 heterocycles. The number of carbonyl (C=O) groups is 1. The summed E-state index contributed by atoms with van der Waals surface area (Å²) >= 11 is 0. The maximum atomic E-state index is 11.0. The van der Waals surface area contributed by atoms with Gasteiger partial charge in [0.1, 0.15) is 0 Å². The third-order valence-corrected chi connectivity index (χ3v) is 3.58. The van der Waals surface area contributed by atoms with Gasteiger partial charge in [-0.2, -0.15) is 0 Å². The number of nitrogens with one attached hydrogen (secondary N) is 2. The number of unbranched alkanes of at least 4 members (excludes halogenated alkanes) is 1. The number of ether oxygens (including phenoxy) is 1. The first-order valence-corrected chi connectivity index (χ1v) is 7.88. The molecule has 0 amide bonds. The highest BCUT2D eigenvalue weighted by atomic mass is 127. The van der Waals surface area contributed by atoms with E-state index in [9.17, 15) is 4.79 Å². The number of nitrogens with zero attached hydrogens (tertiary/aromatic N) is 1. The fraction of sp³-hybridized carbons (Fsp3) is 0.867. The standard InChI is InChI=1S/C15H29N3O2.HI/c1-3-16-15(18-13-9-5-4-6-10-13)17-12-8-7-11-14(19)20-2;/h13H,3-12H2,1-2H3,(H2,16,17,18);1H. The van der Waals surface area contributed by atoms with E-state index in [4.69, 9.17) is 0 Å². The van der Waals surface area contributed by atoms with Crippen molar-refractivity contribution in [3.05, 3.63) is 0 Å². The van der Waals surface area contributed by atoms with Crippen LogP contribution in [0.4, 0.5) is 0 Å². The molecule has 1 aliphatic rings. The number of methoxy groups -OCH3 is 1. The van der Waals surface area contributed by atoms with Crippen LogP contribution in [0.3, 0.4) is 0 Å². The van der Waals surface area contributed by atoms with Gasteiger partial charge in [0.05, 0.1) is 7.11 Å². The first-order valence-electron chi connectivity index (χ1n) is 7.88. The van der Waals surface area contributed by atoms with E-state index in [-0.39, 0.29) is 29.9 Å². The molecule has 0 aliphatic heterocycles. The first-order chi connectivity index (χ1) is 9.76. The van der Waals surface area contributed by atoms with Crippen LogP contribution in [-0.4, -0.2) is 38.2 Å². The number of halogens is 1. The Morgan fingerprint density at radius 2 is 1.95 bits per heavy atom. The molecule has 6 heteroatoms. The lowest BCUT2D eigenvalue weighted by atomic mass is 9.96. The average molecular weight is 411 g/mol. The summed E-state index contributed by atoms with van der Waals surface area (Å²) in [7, 11) is 1.43. The molecule has 0 aromatic heterocycles. The molecule has 0 radical (unpaired) electrons. The van der Waals surface area contributed by atoms with Crippen LogP contribution in [0.25, 0.3) is 0 Å². The van der Waals surface area contributed by atoms with Crippen LogP contribution in [0.15, 0.2) is 4.99 Å². The van der Waals surface area contributed by atoms with Gasteiger partial charge in [-0.15, -0.1) is 24.0 Å². The van der Waals surface area contributed by atoms with Crippen molar-refractivity contribution in [2.45, 2.75) is 64.3 Å². The second-order valence-electron chi connectivity index (χ2n) is 5.27. The van der Waals surface area contributed by atoms with Gasteiger partial charge in [0, 0.05) is 25.6 Å². The van der Waals surface area contributed by atoms with Crippen LogP contribution in [-0.2, 0) is 9.53 Å². The molecule has 124 valence electrons. The van der Waals surface area contributed by atoms with Gasteiger partial charge in [-0.25, -0.2) is 0 Å². The molecule has 0 bridgehead atoms. The Kier molecular flexibility index (Phi) is 12.8. The molecule has 2 N–H and O–H groups in total. The number of rotatable bonds is 7. The summed E-state index contributed by atoms with van der Waals surface area (Å²) in [6.07, 6.45) is 8.71. The highest BCUT2D eigenvalue weighted by Gasteiger charge is 2.14. The Balaban J connectivity index is 0.00000400. The minimum atomic E-state index is -0.138. The summed E-state index contributed by atoms with van der Waals surface area (Å²) < 4.78 is 4.62. The highest BCUT2D eigenvalue weighted by Crippen LogP contribution is 2.17. The molecule has 1 saturated carbocycles. The van der Waals surface area contributed by atoms with E-state index in [1.807, 2.05) is 0 Å². The van der Waals surface area contributed by atoms with Crippen LogP contribution >= 0.6 is 24.0 Å². The molecular formula is C15H30IN3O2. The van der Waals surface area contributed by atoms with E-state index in [1.165, 1.54) is 39.2 Å². The monoisotopic (exact) mass is 411 g/mol. The molecule has 5 nitrogen and oxygen atoms in total. The van der Waals surface area contributed by atoms with Crippen LogP contribution in [0.5, 0.6) is 0 Å². The average Bonchev–Trinajstić information content (AvgIpc) is 2.47. The molecule has 0 spiro atoms. The zero-order valence-electron chi connectivity index (χ0n) is 13.3. The lowest BCUT2D eigenvalue weighted by Gasteiger charge is -2.24. The third kappa shape index (κ3) is 9.92. The number of guanidine groups is 1. The predicted octanol–water partition coefficient (Wildman–Crippen LogP) is 2.84. The van der Waals surface area contributed by atoms with E-state index < -0.39 is 0 Å². The van der Waals surface area contributed by atoms with Crippen molar-refractivity contribution in [2.24, 2.45) is 4.99 Å². The molecule has 1 aliphatic carbocycles. The van der Waals surface area contributed by atoms with Crippen molar-refractivity contribution in [1.82, 2.24) is 10.6 Å². The zero-order chi connectivity index (χ0) is 14.6. The van der Waals surface area contributed by atoms with E-state index in [0.29, 0.717) is 12.5 Å². The number of hydrogen-bond acceptors (Lipinski definition) is 3. The molecule has 0 aromatic carbocycles. The first kappa shape index (κ1) is 20.5. The minimum absolute atomic E-state index is 0. The minimum Gasteiger partial charge on any atom is -0.469 e. The molecule has 1 rings (SSSR count). The summed E-state index contributed by atoms with van der Waals surface area (Å²) in [6.45, 7) is 3.70. The van der Waals surface area contributed by atoms with Crippen molar-refractivity contribution < 1.29 is 9.53 Å². The van der Waals surface area contributed by atoms with Gasteiger partial charge in [0.2, 0.25) is 0 Å². The molecule has 0 atom stereocenters. The van der Waals surface area contributed by atoms with Crippen molar-refractivity contribution >= 4 is 35.9 Å². The van der Waals surface area contributed by atoms with Gasteiger partial charge in [0.25, 0.3) is 0 Å². The van der Waals surface area contributed by atoms with E-state index in [2.05, 4.69) is 27.3 Å². The SMILES string of the molecule is CCNC(=NCCCCC(=O)OC)NC1CCCCC1.I. The van der Waals surface area contributed by atoms with Crippen molar-refractivity contribution in [1.29, 1.82) is 0 Å². The second-order valence-corrected chi connectivity index (χ2v) is 5.27. The fourth-order valence-corrected chi connectivity index (χ4v) is 2.43. The zero-order valence-corrected chi connectivity index (χ0v) is 15.7. The number of esters is 1. The number of carbonyl (C=O) groups excluding carboxylic acids is 1. The Hall–Kier alpha value is -0.530. The van der Waals surface area contributed by atoms with Gasteiger partial charge >= 0.3 is 5.97 Å². The Morgan fingerprint density at radius 3 is 2.57 bits per heavy atom. The van der Waals surface area contributed by atoms with E-state index >= 15 is 0 Å². The Labute approximate surface area is 145 Å². The second kappa shape index (κ2) is 13.2. The summed E-state index contributed by atoms with van der Waals surface area (Å²) in [4.78, 5) is 15.6. The van der Waals surface area contributed by atoms with Gasteiger partial charge in [-0.3, -0.25) is 9.79 Å².